The fraction of sp³-hybridized carbons (Fsp3) is 0.400. The number of aryl methyl sites for hydroxylation is 1. The van der Waals surface area contributed by atoms with Gasteiger partial charge in [0.2, 0.25) is 0 Å². The summed E-state index contributed by atoms with van der Waals surface area (Å²) in [6, 6.07) is 6.52. The minimum atomic E-state index is 0.468. The SMILES string of the molecule is Cc1cc2c(NCC(C)N(C)C)ccc(N)c2cn1. The van der Waals surface area contributed by atoms with Crippen molar-refractivity contribution in [3.05, 3.63) is 30.1 Å². The molecule has 102 valence electrons. The van der Waals surface area contributed by atoms with E-state index in [-0.39, 0.29) is 0 Å². The number of hydrogen-bond donors (Lipinski definition) is 2. The quantitative estimate of drug-likeness (QED) is 0.827. The normalized spacial score (nSPS) is 12.9. The number of nitrogen functional groups attached to an aromatic ring is 1. The molecule has 0 saturated heterocycles. The zero-order valence-electron chi connectivity index (χ0n) is 12.1. The van der Waals surface area contributed by atoms with E-state index in [1.165, 1.54) is 0 Å². The van der Waals surface area contributed by atoms with Crippen LogP contribution in [-0.2, 0) is 0 Å². The average molecular weight is 258 g/mol. The highest BCUT2D eigenvalue weighted by molar-refractivity contribution is 6.00. The zero-order valence-corrected chi connectivity index (χ0v) is 12.1. The van der Waals surface area contributed by atoms with Crippen molar-refractivity contribution in [2.75, 3.05) is 31.7 Å². The lowest BCUT2D eigenvalue weighted by Gasteiger charge is -2.21. The van der Waals surface area contributed by atoms with Gasteiger partial charge in [0.15, 0.2) is 0 Å². The number of benzene rings is 1. The van der Waals surface area contributed by atoms with E-state index in [4.69, 9.17) is 5.73 Å². The molecule has 2 rings (SSSR count). The smallest absolute Gasteiger partial charge is 0.0423 e. The van der Waals surface area contributed by atoms with Gasteiger partial charge in [-0.1, -0.05) is 0 Å². The fourth-order valence-electron chi connectivity index (χ4n) is 1.96. The Kier molecular flexibility index (Phi) is 3.90. The summed E-state index contributed by atoms with van der Waals surface area (Å²) in [7, 11) is 4.17. The van der Waals surface area contributed by atoms with Gasteiger partial charge in [0.1, 0.15) is 0 Å². The second-order valence-electron chi connectivity index (χ2n) is 5.27. The molecule has 2 aromatic rings. The second-order valence-corrected chi connectivity index (χ2v) is 5.27. The van der Waals surface area contributed by atoms with E-state index in [2.05, 4.69) is 42.3 Å². The summed E-state index contributed by atoms with van der Waals surface area (Å²) in [6.45, 7) is 5.08. The van der Waals surface area contributed by atoms with Gasteiger partial charge >= 0.3 is 0 Å². The third-order valence-electron chi connectivity index (χ3n) is 3.54. The topological polar surface area (TPSA) is 54.2 Å². The number of pyridine rings is 1. The number of rotatable bonds is 4. The molecule has 0 aliphatic rings. The van der Waals surface area contributed by atoms with Crippen molar-refractivity contribution in [3.8, 4) is 0 Å². The molecule has 1 unspecified atom stereocenters. The molecule has 1 atom stereocenters. The number of likely N-dealkylation sites (N-methyl/N-ethyl adjacent to an activating group) is 1. The van der Waals surface area contributed by atoms with Crippen LogP contribution >= 0.6 is 0 Å². The molecular weight excluding hydrogens is 236 g/mol. The number of anilines is 2. The minimum Gasteiger partial charge on any atom is -0.398 e. The van der Waals surface area contributed by atoms with Crippen molar-refractivity contribution in [1.29, 1.82) is 0 Å². The van der Waals surface area contributed by atoms with Gasteiger partial charge in [0.05, 0.1) is 0 Å². The maximum atomic E-state index is 6.00. The van der Waals surface area contributed by atoms with Crippen molar-refractivity contribution < 1.29 is 0 Å². The first-order valence-corrected chi connectivity index (χ1v) is 6.54. The molecule has 0 aliphatic heterocycles. The van der Waals surface area contributed by atoms with Crippen LogP contribution in [0.1, 0.15) is 12.6 Å². The van der Waals surface area contributed by atoms with Crippen molar-refractivity contribution in [3.63, 3.8) is 0 Å². The number of nitrogens with two attached hydrogens (primary N) is 1. The van der Waals surface area contributed by atoms with Gasteiger partial charge in [-0.2, -0.15) is 0 Å². The average Bonchev–Trinajstić information content (AvgIpc) is 2.37. The summed E-state index contributed by atoms with van der Waals surface area (Å²) in [4.78, 5) is 6.51. The predicted molar refractivity (Wildman–Crippen MR) is 82.5 cm³/mol. The van der Waals surface area contributed by atoms with Crippen LogP contribution in [-0.4, -0.2) is 36.6 Å². The highest BCUT2D eigenvalue weighted by atomic mass is 15.1. The molecule has 0 spiro atoms. The lowest BCUT2D eigenvalue weighted by atomic mass is 10.1. The lowest BCUT2D eigenvalue weighted by molar-refractivity contribution is 0.326. The van der Waals surface area contributed by atoms with Crippen LogP contribution in [0.25, 0.3) is 10.8 Å². The maximum Gasteiger partial charge on any atom is 0.0423 e. The summed E-state index contributed by atoms with van der Waals surface area (Å²) in [5.74, 6) is 0. The molecule has 0 bridgehead atoms. The first-order chi connectivity index (χ1) is 8.99. The van der Waals surface area contributed by atoms with Crippen molar-refractivity contribution in [2.24, 2.45) is 0 Å². The first-order valence-electron chi connectivity index (χ1n) is 6.54. The molecule has 1 heterocycles. The Morgan fingerprint density at radius 2 is 2.05 bits per heavy atom. The molecule has 0 fully saturated rings. The lowest BCUT2D eigenvalue weighted by Crippen LogP contribution is -2.31. The monoisotopic (exact) mass is 258 g/mol. The highest BCUT2D eigenvalue weighted by Gasteiger charge is 2.08. The third-order valence-corrected chi connectivity index (χ3v) is 3.54. The number of nitrogens with one attached hydrogen (secondary N) is 1. The second kappa shape index (κ2) is 5.45. The molecule has 0 amide bonds. The number of hydrogen-bond acceptors (Lipinski definition) is 4. The fourth-order valence-corrected chi connectivity index (χ4v) is 1.96. The van der Waals surface area contributed by atoms with Gasteiger partial charge in [-0.15, -0.1) is 0 Å². The van der Waals surface area contributed by atoms with E-state index in [9.17, 15) is 0 Å². The van der Waals surface area contributed by atoms with Gasteiger partial charge in [0.25, 0.3) is 0 Å². The molecule has 0 radical (unpaired) electrons. The minimum absolute atomic E-state index is 0.468. The van der Waals surface area contributed by atoms with E-state index in [1.807, 2.05) is 25.3 Å². The highest BCUT2D eigenvalue weighted by Crippen LogP contribution is 2.28. The van der Waals surface area contributed by atoms with Crippen LogP contribution in [0.2, 0.25) is 0 Å². The van der Waals surface area contributed by atoms with Crippen molar-refractivity contribution in [2.45, 2.75) is 19.9 Å². The Balaban J connectivity index is 2.33. The van der Waals surface area contributed by atoms with Gasteiger partial charge in [0, 0.05) is 46.6 Å². The van der Waals surface area contributed by atoms with Crippen LogP contribution < -0.4 is 11.1 Å². The summed E-state index contributed by atoms with van der Waals surface area (Å²) in [5.41, 5.74) is 8.89. The molecule has 0 aliphatic carbocycles. The summed E-state index contributed by atoms with van der Waals surface area (Å²) in [5, 5.41) is 5.64. The Bertz CT molecular complexity index is 578. The van der Waals surface area contributed by atoms with Crippen LogP contribution in [0.4, 0.5) is 11.4 Å². The van der Waals surface area contributed by atoms with Crippen LogP contribution in [0.5, 0.6) is 0 Å². The van der Waals surface area contributed by atoms with Gasteiger partial charge in [-0.3, -0.25) is 4.98 Å². The summed E-state index contributed by atoms with van der Waals surface area (Å²) >= 11 is 0. The van der Waals surface area contributed by atoms with E-state index in [1.54, 1.807) is 0 Å². The van der Waals surface area contributed by atoms with E-state index < -0.39 is 0 Å². The molecule has 4 nitrogen and oxygen atoms in total. The van der Waals surface area contributed by atoms with E-state index in [0.29, 0.717) is 6.04 Å². The molecule has 0 saturated carbocycles. The third kappa shape index (κ3) is 2.96. The molecule has 1 aromatic heterocycles. The van der Waals surface area contributed by atoms with Crippen LogP contribution in [0.3, 0.4) is 0 Å². The Morgan fingerprint density at radius 1 is 1.32 bits per heavy atom. The van der Waals surface area contributed by atoms with Crippen LogP contribution in [0, 0.1) is 6.92 Å². The van der Waals surface area contributed by atoms with Gasteiger partial charge in [-0.25, -0.2) is 0 Å². The van der Waals surface area contributed by atoms with Crippen molar-refractivity contribution >= 4 is 22.1 Å². The number of nitrogens with zero attached hydrogens (tertiary/aromatic N) is 2. The maximum absolute atomic E-state index is 6.00. The molecule has 4 heteroatoms. The van der Waals surface area contributed by atoms with Gasteiger partial charge in [-0.05, 0) is 46.1 Å². The standard InChI is InChI=1S/C15H22N4/c1-10-7-12-13(9-17-10)14(16)5-6-15(12)18-8-11(2)19(3)4/h5-7,9,11,18H,8,16H2,1-4H3. The Labute approximate surface area is 114 Å². The van der Waals surface area contributed by atoms with E-state index >= 15 is 0 Å². The molecular formula is C15H22N4. The van der Waals surface area contributed by atoms with Crippen molar-refractivity contribution in [1.82, 2.24) is 9.88 Å². The number of fused-ring (bicyclic) bond motifs is 1. The Morgan fingerprint density at radius 3 is 2.74 bits per heavy atom. The van der Waals surface area contributed by atoms with E-state index in [0.717, 1.165) is 34.4 Å². The summed E-state index contributed by atoms with van der Waals surface area (Å²) in [6.07, 6.45) is 1.85. The summed E-state index contributed by atoms with van der Waals surface area (Å²) < 4.78 is 0. The largest absolute Gasteiger partial charge is 0.398 e. The predicted octanol–water partition coefficient (Wildman–Crippen LogP) is 2.49. The first kappa shape index (κ1) is 13.6. The molecule has 19 heavy (non-hydrogen) atoms. The number of aromatic nitrogens is 1. The molecule has 3 N–H and O–H groups in total. The zero-order chi connectivity index (χ0) is 14.0. The Hall–Kier alpha value is -1.81. The molecule has 1 aromatic carbocycles. The van der Waals surface area contributed by atoms with Gasteiger partial charge < -0.3 is 16.0 Å². The van der Waals surface area contributed by atoms with Crippen LogP contribution in [0.15, 0.2) is 24.4 Å².